The molecule has 23 heavy (non-hydrogen) atoms. The number of para-hydroxylation sites is 2. The van der Waals surface area contributed by atoms with E-state index in [1.807, 2.05) is 17.8 Å². The summed E-state index contributed by atoms with van der Waals surface area (Å²) in [6, 6.07) is 8.34. The number of nitrogens with zero attached hydrogens (tertiary/aromatic N) is 3. The second-order valence-corrected chi connectivity index (χ2v) is 6.94. The Kier molecular flexibility index (Phi) is 5.94. The Morgan fingerprint density at radius 2 is 2.04 bits per heavy atom. The lowest BCUT2D eigenvalue weighted by atomic mass is 10.2. The van der Waals surface area contributed by atoms with Crippen molar-refractivity contribution in [2.24, 2.45) is 5.73 Å². The summed E-state index contributed by atoms with van der Waals surface area (Å²) in [5, 5.41) is 0. The fraction of sp³-hybridized carbons (Fsp3) is 0.588. The molecule has 0 spiro atoms. The first kappa shape index (κ1) is 16.8. The van der Waals surface area contributed by atoms with Gasteiger partial charge in [0.1, 0.15) is 5.82 Å². The van der Waals surface area contributed by atoms with E-state index in [2.05, 4.69) is 33.9 Å². The van der Waals surface area contributed by atoms with E-state index in [9.17, 15) is 0 Å². The Balaban J connectivity index is 1.80. The Labute approximate surface area is 142 Å². The zero-order valence-corrected chi connectivity index (χ0v) is 14.6. The average Bonchev–Trinajstić information content (AvgIpc) is 2.97. The van der Waals surface area contributed by atoms with Gasteiger partial charge in [-0.2, -0.15) is 11.8 Å². The summed E-state index contributed by atoms with van der Waals surface area (Å²) >= 11 is 1.83. The van der Waals surface area contributed by atoms with E-state index in [4.69, 9.17) is 15.5 Å². The number of thioether (sulfide) groups is 1. The Hall–Kier alpha value is -1.08. The number of aromatic nitrogens is 2. The van der Waals surface area contributed by atoms with Crippen molar-refractivity contribution in [3.8, 4) is 0 Å². The molecule has 0 bridgehead atoms. The molecular formula is C17H26N4OS. The molecule has 2 N–H and O–H groups in total. The highest BCUT2D eigenvalue weighted by atomic mass is 32.2. The van der Waals surface area contributed by atoms with Crippen LogP contribution in [0.4, 0.5) is 0 Å². The first-order chi connectivity index (χ1) is 11.3. The van der Waals surface area contributed by atoms with Crippen LogP contribution in [0.2, 0.25) is 0 Å². The van der Waals surface area contributed by atoms with Gasteiger partial charge in [-0.25, -0.2) is 4.98 Å². The maximum Gasteiger partial charge on any atom is 0.126 e. The normalized spacial score (nSPS) is 17.7. The molecule has 1 saturated heterocycles. The summed E-state index contributed by atoms with van der Waals surface area (Å²) in [5.74, 6) is 2.09. The summed E-state index contributed by atoms with van der Waals surface area (Å²) < 4.78 is 7.75. The van der Waals surface area contributed by atoms with E-state index < -0.39 is 0 Å². The molecule has 1 unspecified atom stereocenters. The molecule has 0 radical (unpaired) electrons. The highest BCUT2D eigenvalue weighted by Crippen LogP contribution is 2.22. The molecule has 1 atom stereocenters. The summed E-state index contributed by atoms with van der Waals surface area (Å²) in [6.07, 6.45) is 3.08. The van der Waals surface area contributed by atoms with E-state index >= 15 is 0 Å². The summed E-state index contributed by atoms with van der Waals surface area (Å²) in [6.45, 7) is 5.66. The molecule has 1 fully saturated rings. The van der Waals surface area contributed by atoms with Gasteiger partial charge in [0.05, 0.1) is 30.3 Å². The lowest BCUT2D eigenvalue weighted by molar-refractivity contribution is 0.0364. The van der Waals surface area contributed by atoms with Gasteiger partial charge in [-0.15, -0.1) is 0 Å². The van der Waals surface area contributed by atoms with Crippen LogP contribution in [-0.2, 0) is 11.3 Å². The molecule has 1 aliphatic heterocycles. The number of ether oxygens (including phenoxy) is 1. The molecule has 2 aromatic rings. The SMILES string of the molecule is CSCCC(N)c1nc2ccccc2n1CCN1CCOCC1. The zero-order valence-electron chi connectivity index (χ0n) is 13.8. The van der Waals surface area contributed by atoms with E-state index in [1.54, 1.807) is 0 Å². The minimum atomic E-state index is -0.000427. The van der Waals surface area contributed by atoms with Crippen LogP contribution in [0.25, 0.3) is 11.0 Å². The van der Waals surface area contributed by atoms with Crippen molar-refractivity contribution in [2.45, 2.75) is 19.0 Å². The number of hydrogen-bond acceptors (Lipinski definition) is 5. The molecule has 1 aromatic carbocycles. The maximum absolute atomic E-state index is 6.42. The van der Waals surface area contributed by atoms with Crippen LogP contribution in [0.5, 0.6) is 0 Å². The van der Waals surface area contributed by atoms with Gasteiger partial charge in [0.2, 0.25) is 0 Å². The average molecular weight is 334 g/mol. The zero-order chi connectivity index (χ0) is 16.1. The number of fused-ring (bicyclic) bond motifs is 1. The molecular weight excluding hydrogens is 308 g/mol. The monoisotopic (exact) mass is 334 g/mol. The molecule has 1 aliphatic rings. The van der Waals surface area contributed by atoms with Crippen LogP contribution >= 0.6 is 11.8 Å². The molecule has 0 amide bonds. The molecule has 0 aliphatic carbocycles. The third-order valence-corrected chi connectivity index (χ3v) is 5.04. The van der Waals surface area contributed by atoms with Gasteiger partial charge >= 0.3 is 0 Å². The van der Waals surface area contributed by atoms with Crippen molar-refractivity contribution in [3.63, 3.8) is 0 Å². The molecule has 3 rings (SSSR count). The van der Waals surface area contributed by atoms with Gasteiger partial charge in [0.15, 0.2) is 0 Å². The first-order valence-electron chi connectivity index (χ1n) is 8.29. The number of rotatable bonds is 7. The van der Waals surface area contributed by atoms with E-state index in [0.29, 0.717) is 0 Å². The van der Waals surface area contributed by atoms with Gasteiger partial charge in [-0.1, -0.05) is 12.1 Å². The van der Waals surface area contributed by atoms with Crippen molar-refractivity contribution in [1.29, 1.82) is 0 Å². The van der Waals surface area contributed by atoms with Gasteiger partial charge in [0.25, 0.3) is 0 Å². The minimum absolute atomic E-state index is 0.000427. The summed E-state index contributed by atoms with van der Waals surface area (Å²) in [7, 11) is 0. The fourth-order valence-electron chi connectivity index (χ4n) is 3.05. The van der Waals surface area contributed by atoms with Gasteiger partial charge in [-0.05, 0) is 30.6 Å². The molecule has 0 saturated carbocycles. The number of benzene rings is 1. The quantitative estimate of drug-likeness (QED) is 0.840. The van der Waals surface area contributed by atoms with E-state index in [-0.39, 0.29) is 6.04 Å². The maximum atomic E-state index is 6.42. The predicted octanol–water partition coefficient (Wildman–Crippen LogP) is 2.12. The Morgan fingerprint density at radius 1 is 1.26 bits per heavy atom. The number of morpholine rings is 1. The van der Waals surface area contributed by atoms with Gasteiger partial charge in [0, 0.05) is 26.2 Å². The molecule has 6 heteroatoms. The van der Waals surface area contributed by atoms with Crippen molar-refractivity contribution >= 4 is 22.8 Å². The lowest BCUT2D eigenvalue weighted by Crippen LogP contribution is -2.38. The van der Waals surface area contributed by atoms with Crippen LogP contribution in [0.3, 0.4) is 0 Å². The third-order valence-electron chi connectivity index (χ3n) is 4.39. The van der Waals surface area contributed by atoms with Crippen molar-refractivity contribution < 1.29 is 4.74 Å². The Bertz CT molecular complexity index is 624. The largest absolute Gasteiger partial charge is 0.379 e. The third kappa shape index (κ3) is 4.07. The molecule has 126 valence electrons. The van der Waals surface area contributed by atoms with Crippen LogP contribution in [0, 0.1) is 0 Å². The predicted molar refractivity (Wildman–Crippen MR) is 96.9 cm³/mol. The summed E-state index contributed by atoms with van der Waals surface area (Å²) in [4.78, 5) is 7.27. The second kappa shape index (κ2) is 8.15. The van der Waals surface area contributed by atoms with Crippen LogP contribution < -0.4 is 5.73 Å². The lowest BCUT2D eigenvalue weighted by Gasteiger charge is -2.27. The first-order valence-corrected chi connectivity index (χ1v) is 9.69. The van der Waals surface area contributed by atoms with Gasteiger partial charge < -0.3 is 15.0 Å². The Morgan fingerprint density at radius 3 is 2.83 bits per heavy atom. The van der Waals surface area contributed by atoms with Crippen molar-refractivity contribution in [2.75, 3.05) is 44.9 Å². The number of nitrogens with two attached hydrogens (primary N) is 1. The van der Waals surface area contributed by atoms with Crippen LogP contribution in [-0.4, -0.2) is 59.3 Å². The summed E-state index contributed by atoms with van der Waals surface area (Å²) in [5.41, 5.74) is 8.66. The highest BCUT2D eigenvalue weighted by Gasteiger charge is 2.18. The molecule has 5 nitrogen and oxygen atoms in total. The van der Waals surface area contributed by atoms with Crippen LogP contribution in [0.15, 0.2) is 24.3 Å². The number of hydrogen-bond donors (Lipinski definition) is 1. The minimum Gasteiger partial charge on any atom is -0.379 e. The van der Waals surface area contributed by atoms with E-state index in [1.165, 1.54) is 5.52 Å². The number of imidazole rings is 1. The fourth-order valence-corrected chi connectivity index (χ4v) is 3.54. The van der Waals surface area contributed by atoms with E-state index in [0.717, 1.165) is 62.9 Å². The second-order valence-electron chi connectivity index (χ2n) is 5.95. The highest BCUT2D eigenvalue weighted by molar-refractivity contribution is 7.98. The van der Waals surface area contributed by atoms with Gasteiger partial charge in [-0.3, -0.25) is 4.90 Å². The molecule has 2 heterocycles. The standard InChI is InChI=1S/C17H26N4OS/c1-23-13-6-14(18)17-19-15-4-2-3-5-16(15)21(17)8-7-20-9-11-22-12-10-20/h2-5,14H,6-13,18H2,1H3. The van der Waals surface area contributed by atoms with Crippen molar-refractivity contribution in [3.05, 3.63) is 30.1 Å². The topological polar surface area (TPSA) is 56.3 Å². The molecule has 1 aromatic heterocycles. The van der Waals surface area contributed by atoms with Crippen LogP contribution in [0.1, 0.15) is 18.3 Å². The van der Waals surface area contributed by atoms with Crippen molar-refractivity contribution in [1.82, 2.24) is 14.5 Å². The smallest absolute Gasteiger partial charge is 0.126 e.